The van der Waals surface area contributed by atoms with Crippen molar-refractivity contribution in [1.82, 2.24) is 10.6 Å². The number of amides is 1. The van der Waals surface area contributed by atoms with Crippen LogP contribution in [0.25, 0.3) is 0 Å². The Hall–Kier alpha value is -2.83. The summed E-state index contributed by atoms with van der Waals surface area (Å²) in [4.78, 5) is 16.4. The molecule has 0 spiro atoms. The van der Waals surface area contributed by atoms with Gasteiger partial charge in [-0.1, -0.05) is 96.2 Å². The highest BCUT2D eigenvalue weighted by atomic mass is 19.4. The summed E-state index contributed by atoms with van der Waals surface area (Å²) in [6.07, 6.45) is 10.9. The molecule has 0 atom stereocenters. The van der Waals surface area contributed by atoms with Crippen molar-refractivity contribution in [2.75, 3.05) is 13.6 Å². The normalized spacial score (nSPS) is 17.7. The van der Waals surface area contributed by atoms with Crippen LogP contribution in [0.4, 0.5) is 13.2 Å². The number of hydrogen-bond acceptors (Lipinski definition) is 2. The Morgan fingerprint density at radius 3 is 1.95 bits per heavy atom. The standard InChI is InChI=1S/C23H33N3O.C6H12.C2H3F3.2C2H6/c1-4-6-12-22(27)26-18-23(20-10-8-7-9-11-20)15-13-19(14-16-23)17-21(24-3)25-5-2;1-4-5-6(2)3;1-2(3,4)5;2*1-2/h5-12,19H,2,4,13-18H2,1,3H3,(H,24,25)(H,26,27);5H,4H2,1-3H3;1H3;2*1-2H3/b12-6+;;;;. The SMILES string of the molecule is C=CNC(CC1CCC(CNC(=O)/C=C/CC)(c2ccccc2)CC1)=NC.CC.CC.CC(F)(F)F.CCC=C(C)C. The molecule has 4 nitrogen and oxygen atoms in total. The molecular formula is C35H60F3N3O. The average Bonchev–Trinajstić information content (AvgIpc) is 2.97. The van der Waals surface area contributed by atoms with Gasteiger partial charge >= 0.3 is 6.18 Å². The number of nitrogens with zero attached hydrogens (tertiary/aromatic N) is 1. The van der Waals surface area contributed by atoms with E-state index in [1.54, 1.807) is 12.3 Å². The molecule has 0 saturated heterocycles. The molecular weight excluding hydrogens is 535 g/mol. The van der Waals surface area contributed by atoms with Gasteiger partial charge in [0.25, 0.3) is 0 Å². The largest absolute Gasteiger partial charge is 0.386 e. The Labute approximate surface area is 256 Å². The van der Waals surface area contributed by atoms with Crippen LogP contribution in [0.5, 0.6) is 0 Å². The quantitative estimate of drug-likeness (QED) is 0.129. The summed E-state index contributed by atoms with van der Waals surface area (Å²) in [6.45, 7) is 21.0. The lowest BCUT2D eigenvalue weighted by Gasteiger charge is -2.41. The predicted molar refractivity (Wildman–Crippen MR) is 178 cm³/mol. The summed E-state index contributed by atoms with van der Waals surface area (Å²) in [5.74, 6) is 1.62. The molecule has 242 valence electrons. The average molecular weight is 596 g/mol. The number of hydrogen-bond donors (Lipinski definition) is 2. The van der Waals surface area contributed by atoms with E-state index in [1.807, 2.05) is 47.7 Å². The third kappa shape index (κ3) is 23.8. The van der Waals surface area contributed by atoms with Crippen LogP contribution in [-0.4, -0.2) is 31.5 Å². The Kier molecular flexibility index (Phi) is 28.1. The second-order valence-electron chi connectivity index (χ2n) is 9.81. The molecule has 1 aliphatic rings. The number of alkyl halides is 3. The van der Waals surface area contributed by atoms with Crippen molar-refractivity contribution in [3.05, 3.63) is 72.5 Å². The van der Waals surface area contributed by atoms with Crippen LogP contribution < -0.4 is 10.6 Å². The highest BCUT2D eigenvalue weighted by molar-refractivity contribution is 5.87. The number of carbonyl (C=O) groups excluding carboxylic acids is 1. The molecule has 1 fully saturated rings. The summed E-state index contributed by atoms with van der Waals surface area (Å²) in [7, 11) is 1.82. The molecule has 0 bridgehead atoms. The van der Waals surface area contributed by atoms with Crippen molar-refractivity contribution in [2.24, 2.45) is 10.9 Å². The summed E-state index contributed by atoms with van der Waals surface area (Å²) >= 11 is 0. The Balaban J connectivity index is -0.000000844. The molecule has 0 unspecified atom stereocenters. The number of aliphatic imine (C=N–C) groups is 1. The zero-order chi connectivity index (χ0) is 33.0. The van der Waals surface area contributed by atoms with E-state index in [-0.39, 0.29) is 18.2 Å². The first kappa shape index (κ1) is 43.6. The van der Waals surface area contributed by atoms with E-state index in [1.165, 1.54) is 17.6 Å². The maximum atomic E-state index is 12.1. The van der Waals surface area contributed by atoms with Crippen LogP contribution in [0.2, 0.25) is 0 Å². The first-order chi connectivity index (χ1) is 19.9. The van der Waals surface area contributed by atoms with E-state index < -0.39 is 6.18 Å². The fourth-order valence-corrected chi connectivity index (χ4v) is 4.35. The molecule has 1 aromatic carbocycles. The van der Waals surface area contributed by atoms with Gasteiger partial charge in [-0.05, 0) is 76.1 Å². The molecule has 0 radical (unpaired) electrons. The molecule has 0 aromatic heterocycles. The van der Waals surface area contributed by atoms with Crippen LogP contribution in [0.3, 0.4) is 0 Å². The number of rotatable bonds is 9. The van der Waals surface area contributed by atoms with Crippen molar-refractivity contribution in [3.8, 4) is 0 Å². The van der Waals surface area contributed by atoms with Crippen LogP contribution in [0.15, 0.2) is 71.9 Å². The van der Waals surface area contributed by atoms with Gasteiger partial charge in [0.2, 0.25) is 5.91 Å². The highest BCUT2D eigenvalue weighted by Gasteiger charge is 2.37. The van der Waals surface area contributed by atoms with Crippen LogP contribution in [0.1, 0.15) is 113 Å². The molecule has 42 heavy (non-hydrogen) atoms. The molecule has 1 saturated carbocycles. The van der Waals surface area contributed by atoms with Gasteiger partial charge in [-0.3, -0.25) is 9.79 Å². The maximum absolute atomic E-state index is 12.1. The van der Waals surface area contributed by atoms with Gasteiger partial charge in [-0.15, -0.1) is 0 Å². The minimum atomic E-state index is -4.00. The Morgan fingerprint density at radius 1 is 1.05 bits per heavy atom. The summed E-state index contributed by atoms with van der Waals surface area (Å²) in [5, 5.41) is 6.28. The van der Waals surface area contributed by atoms with Crippen LogP contribution >= 0.6 is 0 Å². The molecule has 2 N–H and O–H groups in total. The lowest BCUT2D eigenvalue weighted by atomic mass is 9.66. The third-order valence-electron chi connectivity index (χ3n) is 6.19. The van der Waals surface area contributed by atoms with E-state index in [0.717, 1.165) is 44.4 Å². The first-order valence-corrected chi connectivity index (χ1v) is 15.4. The van der Waals surface area contributed by atoms with Gasteiger partial charge in [-0.25, -0.2) is 0 Å². The number of amidine groups is 1. The highest BCUT2D eigenvalue weighted by Crippen LogP contribution is 2.42. The second-order valence-corrected chi connectivity index (χ2v) is 9.81. The van der Waals surface area contributed by atoms with Crippen molar-refractivity contribution in [1.29, 1.82) is 0 Å². The lowest BCUT2D eigenvalue weighted by Crippen LogP contribution is -2.43. The van der Waals surface area contributed by atoms with Gasteiger partial charge < -0.3 is 10.6 Å². The molecule has 1 aromatic rings. The molecule has 0 heterocycles. The maximum Gasteiger partial charge on any atom is 0.386 e. The van der Waals surface area contributed by atoms with Gasteiger partial charge in [-0.2, -0.15) is 13.2 Å². The van der Waals surface area contributed by atoms with Gasteiger partial charge in [0, 0.05) is 32.4 Å². The minimum absolute atomic E-state index is 0.00450. The number of nitrogens with one attached hydrogen (secondary N) is 2. The smallest absolute Gasteiger partial charge is 0.352 e. The van der Waals surface area contributed by atoms with Gasteiger partial charge in [0.1, 0.15) is 5.84 Å². The van der Waals surface area contributed by atoms with Crippen molar-refractivity contribution in [3.63, 3.8) is 0 Å². The minimum Gasteiger partial charge on any atom is -0.352 e. The monoisotopic (exact) mass is 595 g/mol. The summed E-state index contributed by atoms with van der Waals surface area (Å²) < 4.78 is 31.1. The molecule has 1 amide bonds. The Morgan fingerprint density at radius 2 is 1.57 bits per heavy atom. The zero-order valence-electron chi connectivity index (χ0n) is 28.1. The van der Waals surface area contributed by atoms with Crippen molar-refractivity contribution < 1.29 is 18.0 Å². The number of halogens is 3. The topological polar surface area (TPSA) is 53.5 Å². The molecule has 7 heteroatoms. The van der Waals surface area contributed by atoms with E-state index in [9.17, 15) is 18.0 Å². The first-order valence-electron chi connectivity index (χ1n) is 15.4. The predicted octanol–water partition coefficient (Wildman–Crippen LogP) is 10.3. The van der Waals surface area contributed by atoms with Crippen molar-refractivity contribution in [2.45, 2.75) is 119 Å². The van der Waals surface area contributed by atoms with E-state index in [4.69, 9.17) is 0 Å². The number of allylic oxidation sites excluding steroid dienone is 3. The van der Waals surface area contributed by atoms with Crippen LogP contribution in [0, 0.1) is 5.92 Å². The van der Waals surface area contributed by atoms with E-state index in [0.29, 0.717) is 12.5 Å². The van der Waals surface area contributed by atoms with E-state index in [2.05, 4.69) is 79.4 Å². The Bertz CT molecular complexity index is 872. The van der Waals surface area contributed by atoms with Gasteiger partial charge in [0.05, 0.1) is 0 Å². The zero-order valence-corrected chi connectivity index (χ0v) is 28.1. The molecule has 2 rings (SSSR count). The fourth-order valence-electron chi connectivity index (χ4n) is 4.35. The summed E-state index contributed by atoms with van der Waals surface area (Å²) in [5.41, 5.74) is 2.76. The third-order valence-corrected chi connectivity index (χ3v) is 6.19. The number of carbonyl (C=O) groups is 1. The fraction of sp³-hybridized carbons (Fsp3) is 0.600. The molecule has 1 aliphatic carbocycles. The van der Waals surface area contributed by atoms with Crippen molar-refractivity contribution >= 4 is 11.7 Å². The van der Waals surface area contributed by atoms with Crippen LogP contribution in [-0.2, 0) is 10.2 Å². The summed E-state index contributed by atoms with van der Waals surface area (Å²) in [6, 6.07) is 10.6. The van der Waals surface area contributed by atoms with Gasteiger partial charge in [0.15, 0.2) is 0 Å². The molecule has 0 aliphatic heterocycles. The number of benzene rings is 1. The second kappa shape index (κ2) is 27.0. The lowest BCUT2D eigenvalue weighted by molar-refractivity contribution is -0.117. The van der Waals surface area contributed by atoms with E-state index >= 15 is 0 Å².